The number of rotatable bonds is 3. The molecular formula is C14H18FNO2. The number of benzene rings is 1. The molecule has 1 amide bonds. The molecule has 1 fully saturated rings. The minimum absolute atomic E-state index is 0.233. The van der Waals surface area contributed by atoms with Crippen molar-refractivity contribution >= 4 is 5.91 Å². The Bertz CT molecular complexity index is 427. The number of aliphatic hydroxyl groups excluding tert-OH is 1. The number of hydrogen-bond acceptors (Lipinski definition) is 2. The standard InChI is InChI=1S/C14H18FNO2/c1-9-4-11(7-12(15)5-9)14(18)16-8-10-2-3-13(17)6-10/h4-5,7,10,13,17H,2-3,6,8H2,1H3,(H,16,18). The molecule has 0 saturated heterocycles. The predicted molar refractivity (Wildman–Crippen MR) is 66.8 cm³/mol. The van der Waals surface area contributed by atoms with Crippen LogP contribution in [0.1, 0.15) is 35.2 Å². The van der Waals surface area contributed by atoms with Crippen LogP contribution in [0.3, 0.4) is 0 Å². The van der Waals surface area contributed by atoms with Crippen molar-refractivity contribution in [3.63, 3.8) is 0 Å². The van der Waals surface area contributed by atoms with Gasteiger partial charge in [0.05, 0.1) is 6.10 Å². The molecule has 3 nitrogen and oxygen atoms in total. The zero-order valence-electron chi connectivity index (χ0n) is 10.4. The second-order valence-electron chi connectivity index (χ2n) is 5.06. The van der Waals surface area contributed by atoms with Crippen LogP contribution in [0.4, 0.5) is 4.39 Å². The number of amides is 1. The van der Waals surface area contributed by atoms with Crippen LogP contribution in [0.2, 0.25) is 0 Å². The van der Waals surface area contributed by atoms with Gasteiger partial charge in [0.25, 0.3) is 5.91 Å². The topological polar surface area (TPSA) is 49.3 Å². The second kappa shape index (κ2) is 5.48. The fourth-order valence-electron chi connectivity index (χ4n) is 2.44. The van der Waals surface area contributed by atoms with Crippen LogP contribution in [-0.2, 0) is 0 Å². The molecule has 1 aromatic rings. The molecule has 2 unspecified atom stereocenters. The Morgan fingerprint density at radius 2 is 2.22 bits per heavy atom. The van der Waals surface area contributed by atoms with Crippen molar-refractivity contribution in [2.45, 2.75) is 32.3 Å². The summed E-state index contributed by atoms with van der Waals surface area (Å²) < 4.78 is 13.2. The molecule has 98 valence electrons. The molecule has 1 aliphatic carbocycles. The van der Waals surface area contributed by atoms with Gasteiger partial charge in [0.15, 0.2) is 0 Å². The summed E-state index contributed by atoms with van der Waals surface area (Å²) in [7, 11) is 0. The summed E-state index contributed by atoms with van der Waals surface area (Å²) in [6.45, 7) is 2.30. The molecule has 0 radical (unpaired) electrons. The number of carbonyl (C=O) groups is 1. The van der Waals surface area contributed by atoms with Crippen molar-refractivity contribution in [2.75, 3.05) is 6.54 Å². The molecule has 2 N–H and O–H groups in total. The first-order chi connectivity index (χ1) is 8.54. The molecular weight excluding hydrogens is 233 g/mol. The van der Waals surface area contributed by atoms with E-state index >= 15 is 0 Å². The van der Waals surface area contributed by atoms with Crippen molar-refractivity contribution in [3.8, 4) is 0 Å². The molecule has 2 rings (SSSR count). The van der Waals surface area contributed by atoms with Crippen molar-refractivity contribution in [3.05, 3.63) is 35.1 Å². The Morgan fingerprint density at radius 3 is 2.83 bits per heavy atom. The highest BCUT2D eigenvalue weighted by molar-refractivity contribution is 5.94. The van der Waals surface area contributed by atoms with Crippen molar-refractivity contribution in [1.82, 2.24) is 5.32 Å². The lowest BCUT2D eigenvalue weighted by atomic mass is 10.1. The van der Waals surface area contributed by atoms with Gasteiger partial charge in [-0.3, -0.25) is 4.79 Å². The Kier molecular flexibility index (Phi) is 3.97. The molecule has 1 aliphatic rings. The minimum atomic E-state index is -0.392. The zero-order chi connectivity index (χ0) is 13.1. The van der Waals surface area contributed by atoms with Crippen LogP contribution in [0, 0.1) is 18.7 Å². The summed E-state index contributed by atoms with van der Waals surface area (Å²) in [5.41, 5.74) is 1.09. The van der Waals surface area contributed by atoms with Crippen molar-refractivity contribution in [1.29, 1.82) is 0 Å². The molecule has 1 aromatic carbocycles. The maximum atomic E-state index is 13.2. The first-order valence-corrected chi connectivity index (χ1v) is 6.28. The molecule has 4 heteroatoms. The summed E-state index contributed by atoms with van der Waals surface area (Å²) in [5.74, 6) is -0.311. The third kappa shape index (κ3) is 3.29. The van der Waals surface area contributed by atoms with E-state index in [2.05, 4.69) is 5.32 Å². The summed E-state index contributed by atoms with van der Waals surface area (Å²) >= 11 is 0. The summed E-state index contributed by atoms with van der Waals surface area (Å²) in [4.78, 5) is 11.8. The van der Waals surface area contributed by atoms with Crippen LogP contribution < -0.4 is 5.32 Å². The normalized spacial score (nSPS) is 23.1. The third-order valence-corrected chi connectivity index (χ3v) is 3.37. The lowest BCUT2D eigenvalue weighted by molar-refractivity contribution is 0.0944. The van der Waals surface area contributed by atoms with E-state index < -0.39 is 5.82 Å². The number of carbonyl (C=O) groups excluding carboxylic acids is 1. The van der Waals surface area contributed by atoms with Gasteiger partial charge in [0, 0.05) is 12.1 Å². The minimum Gasteiger partial charge on any atom is -0.393 e. The van der Waals surface area contributed by atoms with Gasteiger partial charge in [-0.25, -0.2) is 4.39 Å². The average Bonchev–Trinajstić information content (AvgIpc) is 2.70. The van der Waals surface area contributed by atoms with Crippen molar-refractivity contribution in [2.24, 2.45) is 5.92 Å². The van der Waals surface area contributed by atoms with Gasteiger partial charge in [0.2, 0.25) is 0 Å². The lowest BCUT2D eigenvalue weighted by Crippen LogP contribution is -2.28. The number of hydrogen-bond donors (Lipinski definition) is 2. The van der Waals surface area contributed by atoms with E-state index in [-0.39, 0.29) is 12.0 Å². The van der Waals surface area contributed by atoms with Crippen LogP contribution >= 0.6 is 0 Å². The number of aryl methyl sites for hydroxylation is 1. The highest BCUT2D eigenvalue weighted by Gasteiger charge is 2.23. The van der Waals surface area contributed by atoms with Gasteiger partial charge in [-0.15, -0.1) is 0 Å². The summed E-state index contributed by atoms with van der Waals surface area (Å²) in [5, 5.41) is 12.2. The monoisotopic (exact) mass is 251 g/mol. The SMILES string of the molecule is Cc1cc(F)cc(C(=O)NCC2CCC(O)C2)c1. The zero-order valence-corrected chi connectivity index (χ0v) is 10.4. The van der Waals surface area contributed by atoms with Gasteiger partial charge >= 0.3 is 0 Å². The van der Waals surface area contributed by atoms with E-state index in [4.69, 9.17) is 0 Å². The second-order valence-corrected chi connectivity index (χ2v) is 5.06. The molecule has 0 bridgehead atoms. The van der Waals surface area contributed by atoms with Crippen LogP contribution in [0.5, 0.6) is 0 Å². The maximum Gasteiger partial charge on any atom is 0.251 e. The fraction of sp³-hybridized carbons (Fsp3) is 0.500. The first kappa shape index (κ1) is 13.0. The van der Waals surface area contributed by atoms with E-state index in [1.54, 1.807) is 13.0 Å². The highest BCUT2D eigenvalue weighted by atomic mass is 19.1. The lowest BCUT2D eigenvalue weighted by Gasteiger charge is -2.11. The quantitative estimate of drug-likeness (QED) is 0.863. The van der Waals surface area contributed by atoms with Crippen LogP contribution in [0.15, 0.2) is 18.2 Å². The largest absolute Gasteiger partial charge is 0.393 e. The molecule has 0 aromatic heterocycles. The van der Waals surface area contributed by atoms with E-state index in [0.717, 1.165) is 24.8 Å². The Labute approximate surface area is 106 Å². The smallest absolute Gasteiger partial charge is 0.251 e. The van der Waals surface area contributed by atoms with Gasteiger partial charge < -0.3 is 10.4 Å². The fourth-order valence-corrected chi connectivity index (χ4v) is 2.44. The number of aliphatic hydroxyl groups is 1. The van der Waals surface area contributed by atoms with E-state index in [0.29, 0.717) is 18.0 Å². The van der Waals surface area contributed by atoms with Crippen LogP contribution in [-0.4, -0.2) is 23.7 Å². The molecule has 0 heterocycles. The summed E-state index contributed by atoms with van der Waals surface area (Å²) in [6, 6.07) is 4.30. The Balaban J connectivity index is 1.91. The highest BCUT2D eigenvalue weighted by Crippen LogP contribution is 2.24. The van der Waals surface area contributed by atoms with Gasteiger partial charge in [-0.2, -0.15) is 0 Å². The molecule has 2 atom stereocenters. The average molecular weight is 251 g/mol. The van der Waals surface area contributed by atoms with Gasteiger partial charge in [-0.05, 0) is 55.9 Å². The number of halogens is 1. The van der Waals surface area contributed by atoms with E-state index in [1.807, 2.05) is 0 Å². The maximum absolute atomic E-state index is 13.2. The Hall–Kier alpha value is -1.42. The Morgan fingerprint density at radius 1 is 1.44 bits per heavy atom. The third-order valence-electron chi connectivity index (χ3n) is 3.37. The van der Waals surface area contributed by atoms with E-state index in [9.17, 15) is 14.3 Å². The van der Waals surface area contributed by atoms with Gasteiger partial charge in [0.1, 0.15) is 5.82 Å². The summed E-state index contributed by atoms with van der Waals surface area (Å²) in [6.07, 6.45) is 2.24. The first-order valence-electron chi connectivity index (χ1n) is 6.28. The van der Waals surface area contributed by atoms with E-state index in [1.165, 1.54) is 12.1 Å². The van der Waals surface area contributed by atoms with Crippen LogP contribution in [0.25, 0.3) is 0 Å². The molecule has 18 heavy (non-hydrogen) atoms. The van der Waals surface area contributed by atoms with Gasteiger partial charge in [-0.1, -0.05) is 0 Å². The molecule has 0 aliphatic heterocycles. The predicted octanol–water partition coefficient (Wildman–Crippen LogP) is 2.02. The number of nitrogens with one attached hydrogen (secondary N) is 1. The molecule has 1 saturated carbocycles. The molecule has 0 spiro atoms. The van der Waals surface area contributed by atoms with Crippen molar-refractivity contribution < 1.29 is 14.3 Å².